The first-order valence-electron chi connectivity index (χ1n) is 7.76. The summed E-state index contributed by atoms with van der Waals surface area (Å²) in [7, 11) is 1.59. The first-order chi connectivity index (χ1) is 10.1. The summed E-state index contributed by atoms with van der Waals surface area (Å²) in [6.07, 6.45) is 7.64. The maximum Gasteiger partial charge on any atom is 0.257 e. The molecule has 1 aromatic rings. The Morgan fingerprint density at radius 2 is 2.00 bits per heavy atom. The van der Waals surface area contributed by atoms with Crippen molar-refractivity contribution in [2.75, 3.05) is 20.2 Å². The second kappa shape index (κ2) is 5.88. The smallest absolute Gasteiger partial charge is 0.257 e. The third-order valence-corrected chi connectivity index (χ3v) is 5.27. The molecule has 0 aromatic heterocycles. The predicted molar refractivity (Wildman–Crippen MR) is 84.0 cm³/mol. The van der Waals surface area contributed by atoms with Crippen LogP contribution in [0.3, 0.4) is 0 Å². The van der Waals surface area contributed by atoms with Crippen molar-refractivity contribution in [3.05, 3.63) is 28.8 Å². The van der Waals surface area contributed by atoms with Crippen LogP contribution in [0.2, 0.25) is 5.02 Å². The van der Waals surface area contributed by atoms with Crippen molar-refractivity contribution in [1.29, 1.82) is 0 Å². The van der Waals surface area contributed by atoms with E-state index in [0.29, 0.717) is 21.8 Å². The molecule has 1 heterocycles. The highest BCUT2D eigenvalue weighted by atomic mass is 35.5. The van der Waals surface area contributed by atoms with E-state index >= 15 is 0 Å². The normalized spacial score (nSPS) is 20.8. The molecule has 1 saturated carbocycles. The Bertz CT molecular complexity index is 538. The third kappa shape index (κ3) is 2.89. The van der Waals surface area contributed by atoms with Crippen LogP contribution in [0.4, 0.5) is 0 Å². The fraction of sp³-hybridized carbons (Fsp3) is 0.588. The first-order valence-corrected chi connectivity index (χ1v) is 8.14. The Hall–Kier alpha value is -1.22. The average Bonchev–Trinajstić information content (AvgIpc) is 2.91. The lowest BCUT2D eigenvalue weighted by atomic mass is 9.73. The first kappa shape index (κ1) is 14.7. The molecule has 0 N–H and O–H groups in total. The predicted octanol–water partition coefficient (Wildman–Crippen LogP) is 4.15. The zero-order chi connectivity index (χ0) is 14.9. The number of nitrogens with zero attached hydrogens (tertiary/aromatic N) is 1. The van der Waals surface area contributed by atoms with Crippen LogP contribution < -0.4 is 4.74 Å². The van der Waals surface area contributed by atoms with E-state index in [1.807, 2.05) is 4.90 Å². The molecule has 1 aliphatic carbocycles. The second-order valence-electron chi connectivity index (χ2n) is 6.38. The van der Waals surface area contributed by atoms with E-state index in [9.17, 15) is 4.79 Å². The van der Waals surface area contributed by atoms with E-state index in [-0.39, 0.29) is 5.91 Å². The number of likely N-dealkylation sites (tertiary alicyclic amines) is 1. The summed E-state index contributed by atoms with van der Waals surface area (Å²) in [5.41, 5.74) is 0.956. The quantitative estimate of drug-likeness (QED) is 0.821. The van der Waals surface area contributed by atoms with E-state index in [2.05, 4.69) is 0 Å². The van der Waals surface area contributed by atoms with Crippen LogP contribution in [0.15, 0.2) is 18.2 Å². The molecule has 21 heavy (non-hydrogen) atoms. The Kier molecular flexibility index (Phi) is 4.12. The average molecular weight is 308 g/mol. The number of methoxy groups -OCH3 is 1. The highest BCUT2D eigenvalue weighted by molar-refractivity contribution is 6.31. The molecule has 0 atom stereocenters. The largest absolute Gasteiger partial charge is 0.496 e. The van der Waals surface area contributed by atoms with Gasteiger partial charge in [-0.05, 0) is 42.9 Å². The highest BCUT2D eigenvalue weighted by Gasteiger charge is 2.40. The number of carbonyl (C=O) groups excluding carboxylic acids is 1. The van der Waals surface area contributed by atoms with E-state index in [1.54, 1.807) is 25.3 Å². The minimum Gasteiger partial charge on any atom is -0.496 e. The molecule has 2 fully saturated rings. The van der Waals surface area contributed by atoms with Crippen molar-refractivity contribution in [1.82, 2.24) is 4.90 Å². The number of halogens is 1. The summed E-state index contributed by atoms with van der Waals surface area (Å²) in [6.45, 7) is 1.75. The van der Waals surface area contributed by atoms with Crippen molar-refractivity contribution in [3.63, 3.8) is 0 Å². The summed E-state index contributed by atoms with van der Waals surface area (Å²) in [4.78, 5) is 14.8. The van der Waals surface area contributed by atoms with Gasteiger partial charge in [-0.1, -0.05) is 30.9 Å². The van der Waals surface area contributed by atoms with Gasteiger partial charge in [0.25, 0.3) is 5.91 Å². The van der Waals surface area contributed by atoms with Crippen LogP contribution in [0, 0.1) is 5.41 Å². The van der Waals surface area contributed by atoms with E-state index in [1.165, 1.54) is 32.1 Å². The van der Waals surface area contributed by atoms with Gasteiger partial charge in [-0.15, -0.1) is 0 Å². The Morgan fingerprint density at radius 3 is 2.71 bits per heavy atom. The summed E-state index contributed by atoms with van der Waals surface area (Å²) in [5.74, 6) is 0.658. The van der Waals surface area contributed by atoms with Crippen LogP contribution >= 0.6 is 11.6 Å². The summed E-state index contributed by atoms with van der Waals surface area (Å²) < 4.78 is 5.31. The standard InChI is InChI=1S/C17H22ClNO2/c1-21-15-6-5-13(18)11-14(15)16(20)19-10-9-17(12-19)7-3-2-4-8-17/h5-6,11H,2-4,7-10,12H2,1H3. The minimum absolute atomic E-state index is 0.0526. The van der Waals surface area contributed by atoms with Gasteiger partial charge in [0.2, 0.25) is 0 Å². The number of benzene rings is 1. The molecule has 0 bridgehead atoms. The van der Waals surface area contributed by atoms with Gasteiger partial charge < -0.3 is 9.64 Å². The van der Waals surface area contributed by atoms with Crippen LogP contribution in [0.5, 0.6) is 5.75 Å². The molecule has 4 heteroatoms. The molecule has 0 radical (unpaired) electrons. The van der Waals surface area contributed by atoms with Crippen molar-refractivity contribution in [3.8, 4) is 5.75 Å². The maximum atomic E-state index is 12.8. The molecule has 114 valence electrons. The van der Waals surface area contributed by atoms with Crippen molar-refractivity contribution in [2.24, 2.45) is 5.41 Å². The fourth-order valence-electron chi connectivity index (χ4n) is 3.84. The van der Waals surface area contributed by atoms with Gasteiger partial charge in [0.05, 0.1) is 12.7 Å². The molecule has 3 rings (SSSR count). The molecule has 1 amide bonds. The Morgan fingerprint density at radius 1 is 1.24 bits per heavy atom. The van der Waals surface area contributed by atoms with E-state index in [4.69, 9.17) is 16.3 Å². The lowest BCUT2D eigenvalue weighted by Gasteiger charge is -2.33. The molecule has 0 unspecified atom stereocenters. The number of amides is 1. The lowest BCUT2D eigenvalue weighted by molar-refractivity contribution is 0.0755. The molecule has 2 aliphatic rings. The Balaban J connectivity index is 1.79. The topological polar surface area (TPSA) is 29.5 Å². The molecule has 1 aromatic carbocycles. The van der Waals surface area contributed by atoms with Crippen LogP contribution in [-0.2, 0) is 0 Å². The SMILES string of the molecule is COc1ccc(Cl)cc1C(=O)N1CCC2(CCCCC2)C1. The number of carbonyl (C=O) groups is 1. The van der Waals surface area contributed by atoms with Crippen molar-refractivity contribution >= 4 is 17.5 Å². The molecule has 1 aliphatic heterocycles. The molecule has 3 nitrogen and oxygen atoms in total. The van der Waals surface area contributed by atoms with Gasteiger partial charge in [-0.25, -0.2) is 0 Å². The fourth-order valence-corrected chi connectivity index (χ4v) is 4.01. The lowest BCUT2D eigenvalue weighted by Crippen LogP contribution is -2.33. The zero-order valence-electron chi connectivity index (χ0n) is 12.5. The number of rotatable bonds is 2. The minimum atomic E-state index is 0.0526. The van der Waals surface area contributed by atoms with Crippen LogP contribution in [-0.4, -0.2) is 31.0 Å². The molecule has 1 saturated heterocycles. The number of hydrogen-bond acceptors (Lipinski definition) is 2. The molecular weight excluding hydrogens is 286 g/mol. The Labute approximate surface area is 131 Å². The zero-order valence-corrected chi connectivity index (χ0v) is 13.3. The van der Waals surface area contributed by atoms with Crippen molar-refractivity contribution < 1.29 is 9.53 Å². The molecule has 1 spiro atoms. The maximum absolute atomic E-state index is 12.8. The van der Waals surface area contributed by atoms with Crippen molar-refractivity contribution in [2.45, 2.75) is 38.5 Å². The van der Waals surface area contributed by atoms with Gasteiger partial charge in [0, 0.05) is 18.1 Å². The van der Waals surface area contributed by atoms with Gasteiger partial charge >= 0.3 is 0 Å². The highest BCUT2D eigenvalue weighted by Crippen LogP contribution is 2.44. The van der Waals surface area contributed by atoms with Gasteiger partial charge in [0.1, 0.15) is 5.75 Å². The van der Waals surface area contributed by atoms with E-state index < -0.39 is 0 Å². The number of ether oxygens (including phenoxy) is 1. The van der Waals surface area contributed by atoms with Gasteiger partial charge in [0.15, 0.2) is 0 Å². The summed E-state index contributed by atoms with van der Waals surface area (Å²) in [5, 5.41) is 0.575. The van der Waals surface area contributed by atoms with E-state index in [0.717, 1.165) is 19.5 Å². The second-order valence-corrected chi connectivity index (χ2v) is 6.82. The third-order valence-electron chi connectivity index (χ3n) is 5.03. The molecular formula is C17H22ClNO2. The van der Waals surface area contributed by atoms with Crippen LogP contribution in [0.1, 0.15) is 48.9 Å². The summed E-state index contributed by atoms with van der Waals surface area (Å²) >= 11 is 6.04. The number of hydrogen-bond donors (Lipinski definition) is 0. The monoisotopic (exact) mass is 307 g/mol. The van der Waals surface area contributed by atoms with Crippen LogP contribution in [0.25, 0.3) is 0 Å². The van der Waals surface area contributed by atoms with Gasteiger partial charge in [-0.3, -0.25) is 4.79 Å². The van der Waals surface area contributed by atoms with Gasteiger partial charge in [-0.2, -0.15) is 0 Å². The summed E-state index contributed by atoms with van der Waals surface area (Å²) in [6, 6.07) is 5.24.